The van der Waals surface area contributed by atoms with Gasteiger partial charge in [0.1, 0.15) is 5.75 Å². The first kappa shape index (κ1) is 20.3. The standard InChI is InChI=1S/C22H25N3O2/c1-15(2)13-21(16(3)4)22(26)27-20-11-9-19(10-12-20)25-24-18-7-5-17(14-23)6-8-18/h5-12,15-16,21H,13H2,1-4H3. The lowest BCUT2D eigenvalue weighted by Crippen LogP contribution is -2.26. The summed E-state index contributed by atoms with van der Waals surface area (Å²) in [5.41, 5.74) is 1.90. The van der Waals surface area contributed by atoms with E-state index in [9.17, 15) is 4.79 Å². The van der Waals surface area contributed by atoms with Crippen molar-refractivity contribution in [2.24, 2.45) is 28.0 Å². The molecule has 5 nitrogen and oxygen atoms in total. The van der Waals surface area contributed by atoms with Crippen LogP contribution in [0.3, 0.4) is 0 Å². The summed E-state index contributed by atoms with van der Waals surface area (Å²) < 4.78 is 5.54. The van der Waals surface area contributed by atoms with Crippen molar-refractivity contribution >= 4 is 17.3 Å². The molecule has 0 aliphatic rings. The molecule has 1 atom stereocenters. The lowest BCUT2D eigenvalue weighted by molar-refractivity contribution is -0.141. The first-order valence-electron chi connectivity index (χ1n) is 9.12. The Labute approximate surface area is 160 Å². The Morgan fingerprint density at radius 3 is 1.93 bits per heavy atom. The van der Waals surface area contributed by atoms with Crippen molar-refractivity contribution in [3.05, 3.63) is 54.1 Å². The predicted molar refractivity (Wildman–Crippen MR) is 105 cm³/mol. The van der Waals surface area contributed by atoms with E-state index in [1.807, 2.05) is 13.8 Å². The predicted octanol–water partition coefficient (Wildman–Crippen LogP) is 6.20. The Bertz CT molecular complexity index is 816. The summed E-state index contributed by atoms with van der Waals surface area (Å²) in [6, 6.07) is 15.9. The highest BCUT2D eigenvalue weighted by atomic mass is 16.5. The molecular formula is C22H25N3O2. The normalized spacial score (nSPS) is 12.3. The molecule has 0 radical (unpaired) electrons. The summed E-state index contributed by atoms with van der Waals surface area (Å²) in [5.74, 6) is 0.883. The van der Waals surface area contributed by atoms with Crippen molar-refractivity contribution in [3.63, 3.8) is 0 Å². The number of esters is 1. The van der Waals surface area contributed by atoms with Crippen molar-refractivity contribution in [3.8, 4) is 11.8 Å². The van der Waals surface area contributed by atoms with Gasteiger partial charge in [-0.25, -0.2) is 0 Å². The highest BCUT2D eigenvalue weighted by molar-refractivity contribution is 5.75. The van der Waals surface area contributed by atoms with E-state index in [0.29, 0.717) is 28.6 Å². The summed E-state index contributed by atoms with van der Waals surface area (Å²) >= 11 is 0. The van der Waals surface area contributed by atoms with Crippen LogP contribution in [0.15, 0.2) is 58.8 Å². The van der Waals surface area contributed by atoms with Crippen LogP contribution in [0, 0.1) is 29.1 Å². The minimum Gasteiger partial charge on any atom is -0.426 e. The van der Waals surface area contributed by atoms with Crippen molar-refractivity contribution in [2.75, 3.05) is 0 Å². The first-order chi connectivity index (χ1) is 12.9. The summed E-state index contributed by atoms with van der Waals surface area (Å²) in [5, 5.41) is 17.1. The Morgan fingerprint density at radius 1 is 0.963 bits per heavy atom. The second-order valence-corrected chi connectivity index (χ2v) is 7.25. The van der Waals surface area contributed by atoms with E-state index in [-0.39, 0.29) is 17.8 Å². The zero-order chi connectivity index (χ0) is 19.8. The van der Waals surface area contributed by atoms with E-state index in [4.69, 9.17) is 10.00 Å². The quantitative estimate of drug-likeness (QED) is 0.334. The summed E-state index contributed by atoms with van der Waals surface area (Å²) in [7, 11) is 0. The number of nitrogens with zero attached hydrogens (tertiary/aromatic N) is 3. The third kappa shape index (κ3) is 6.34. The zero-order valence-electron chi connectivity index (χ0n) is 16.2. The van der Waals surface area contributed by atoms with Gasteiger partial charge in [-0.1, -0.05) is 27.7 Å². The average Bonchev–Trinajstić information content (AvgIpc) is 2.65. The summed E-state index contributed by atoms with van der Waals surface area (Å²) in [6.45, 7) is 8.30. The fourth-order valence-electron chi connectivity index (χ4n) is 2.64. The lowest BCUT2D eigenvalue weighted by atomic mass is 9.88. The van der Waals surface area contributed by atoms with Crippen molar-refractivity contribution in [1.29, 1.82) is 5.26 Å². The van der Waals surface area contributed by atoms with Gasteiger partial charge in [0.15, 0.2) is 0 Å². The Kier molecular flexibility index (Phi) is 7.25. The molecule has 0 aliphatic carbocycles. The molecule has 27 heavy (non-hydrogen) atoms. The van der Waals surface area contributed by atoms with E-state index < -0.39 is 0 Å². The molecule has 2 rings (SSSR count). The maximum absolute atomic E-state index is 12.5. The Morgan fingerprint density at radius 2 is 1.48 bits per heavy atom. The smallest absolute Gasteiger partial charge is 0.314 e. The minimum absolute atomic E-state index is 0.110. The number of hydrogen-bond acceptors (Lipinski definition) is 5. The number of azo groups is 1. The second-order valence-electron chi connectivity index (χ2n) is 7.25. The molecule has 0 saturated heterocycles. The maximum Gasteiger partial charge on any atom is 0.314 e. The molecular weight excluding hydrogens is 338 g/mol. The topological polar surface area (TPSA) is 74.8 Å². The monoisotopic (exact) mass is 363 g/mol. The van der Waals surface area contributed by atoms with Crippen LogP contribution in [0.5, 0.6) is 5.75 Å². The fraction of sp³-hybridized carbons (Fsp3) is 0.364. The van der Waals surface area contributed by atoms with E-state index in [1.54, 1.807) is 48.5 Å². The molecule has 0 heterocycles. The average molecular weight is 363 g/mol. The molecule has 140 valence electrons. The third-order valence-corrected chi connectivity index (χ3v) is 4.17. The fourth-order valence-corrected chi connectivity index (χ4v) is 2.64. The molecule has 2 aromatic rings. The Balaban J connectivity index is 2.00. The van der Waals surface area contributed by atoms with Gasteiger partial charge in [0, 0.05) is 0 Å². The van der Waals surface area contributed by atoms with Crippen LogP contribution in [0.25, 0.3) is 0 Å². The number of benzene rings is 2. The molecule has 0 bridgehead atoms. The molecule has 0 aliphatic heterocycles. The van der Waals surface area contributed by atoms with E-state index in [2.05, 4.69) is 30.1 Å². The number of carbonyl (C=O) groups is 1. The van der Waals surface area contributed by atoms with Crippen molar-refractivity contribution in [2.45, 2.75) is 34.1 Å². The maximum atomic E-state index is 12.5. The molecule has 1 unspecified atom stereocenters. The number of rotatable bonds is 7. The molecule has 0 saturated carbocycles. The largest absolute Gasteiger partial charge is 0.426 e. The number of carbonyl (C=O) groups excluding carboxylic acids is 1. The van der Waals surface area contributed by atoms with Gasteiger partial charge in [-0.2, -0.15) is 15.5 Å². The number of hydrogen-bond donors (Lipinski definition) is 0. The van der Waals surface area contributed by atoms with Crippen LogP contribution in [0.1, 0.15) is 39.7 Å². The van der Waals surface area contributed by atoms with E-state index >= 15 is 0 Å². The van der Waals surface area contributed by atoms with Crippen LogP contribution in [-0.4, -0.2) is 5.97 Å². The summed E-state index contributed by atoms with van der Waals surface area (Å²) in [4.78, 5) is 12.5. The second kappa shape index (κ2) is 9.63. The zero-order valence-corrected chi connectivity index (χ0v) is 16.2. The van der Waals surface area contributed by atoms with E-state index in [0.717, 1.165) is 6.42 Å². The van der Waals surface area contributed by atoms with Gasteiger partial charge in [-0.05, 0) is 66.8 Å². The van der Waals surface area contributed by atoms with Crippen LogP contribution >= 0.6 is 0 Å². The number of nitriles is 1. The van der Waals surface area contributed by atoms with Crippen LogP contribution in [0.4, 0.5) is 11.4 Å². The van der Waals surface area contributed by atoms with Crippen molar-refractivity contribution in [1.82, 2.24) is 0 Å². The van der Waals surface area contributed by atoms with Crippen LogP contribution < -0.4 is 4.74 Å². The highest BCUT2D eigenvalue weighted by Gasteiger charge is 2.25. The number of ether oxygens (including phenoxy) is 1. The summed E-state index contributed by atoms with van der Waals surface area (Å²) in [6.07, 6.45) is 0.813. The molecule has 5 heteroatoms. The molecule has 0 spiro atoms. The Hall–Kier alpha value is -3.00. The minimum atomic E-state index is -0.189. The van der Waals surface area contributed by atoms with Crippen molar-refractivity contribution < 1.29 is 9.53 Å². The molecule has 2 aromatic carbocycles. The molecule has 0 N–H and O–H groups in total. The van der Waals surface area contributed by atoms with Gasteiger partial charge in [-0.3, -0.25) is 4.79 Å². The van der Waals surface area contributed by atoms with Crippen LogP contribution in [-0.2, 0) is 4.79 Å². The van der Waals surface area contributed by atoms with Gasteiger partial charge in [0.25, 0.3) is 0 Å². The molecule has 0 aromatic heterocycles. The van der Waals surface area contributed by atoms with Gasteiger partial charge in [0.2, 0.25) is 0 Å². The van der Waals surface area contributed by atoms with Gasteiger partial charge < -0.3 is 4.74 Å². The van der Waals surface area contributed by atoms with Crippen LogP contribution in [0.2, 0.25) is 0 Å². The highest BCUT2D eigenvalue weighted by Crippen LogP contribution is 2.25. The third-order valence-electron chi connectivity index (χ3n) is 4.17. The first-order valence-corrected chi connectivity index (χ1v) is 9.12. The molecule has 0 amide bonds. The SMILES string of the molecule is CC(C)CC(C(=O)Oc1ccc(N=Nc2ccc(C#N)cc2)cc1)C(C)C. The van der Waals surface area contributed by atoms with Gasteiger partial charge in [0.05, 0.1) is 28.9 Å². The van der Waals surface area contributed by atoms with Gasteiger partial charge in [-0.15, -0.1) is 0 Å². The lowest BCUT2D eigenvalue weighted by Gasteiger charge is -2.21. The van der Waals surface area contributed by atoms with Gasteiger partial charge >= 0.3 is 5.97 Å². The molecule has 0 fully saturated rings. The van der Waals surface area contributed by atoms with E-state index in [1.165, 1.54) is 0 Å².